The van der Waals surface area contributed by atoms with Crippen LogP contribution in [0.15, 0.2) is 0 Å². The summed E-state index contributed by atoms with van der Waals surface area (Å²) in [5, 5.41) is 3.50. The fourth-order valence-electron chi connectivity index (χ4n) is 1.94. The van der Waals surface area contributed by atoms with Gasteiger partial charge in [-0.05, 0) is 26.3 Å². The van der Waals surface area contributed by atoms with Gasteiger partial charge in [-0.2, -0.15) is 0 Å². The molecule has 1 saturated carbocycles. The van der Waals surface area contributed by atoms with Crippen molar-refractivity contribution in [1.82, 2.24) is 5.32 Å². The largest absolute Gasteiger partial charge is 0.377 e. The molecule has 0 aliphatic heterocycles. The molecule has 3 heteroatoms. The zero-order chi connectivity index (χ0) is 10.4. The number of ether oxygens (including phenoxy) is 2. The van der Waals surface area contributed by atoms with Crippen molar-refractivity contribution >= 4 is 0 Å². The summed E-state index contributed by atoms with van der Waals surface area (Å²) in [5.41, 5.74) is 0. The summed E-state index contributed by atoms with van der Waals surface area (Å²) in [5.74, 6) is 0. The van der Waals surface area contributed by atoms with Crippen LogP contribution in [0, 0.1) is 0 Å². The second kappa shape index (κ2) is 6.38. The summed E-state index contributed by atoms with van der Waals surface area (Å²) in [6.07, 6.45) is 4.14. The van der Waals surface area contributed by atoms with Crippen molar-refractivity contribution in [3.05, 3.63) is 0 Å². The maximum absolute atomic E-state index is 5.55. The van der Waals surface area contributed by atoms with Gasteiger partial charge in [-0.3, -0.25) is 0 Å². The molecule has 3 atom stereocenters. The Hall–Kier alpha value is -0.120. The smallest absolute Gasteiger partial charge is 0.0986 e. The average molecular weight is 201 g/mol. The highest BCUT2D eigenvalue weighted by Gasteiger charge is 2.41. The van der Waals surface area contributed by atoms with E-state index in [1.54, 1.807) is 7.11 Å². The van der Waals surface area contributed by atoms with Gasteiger partial charge in [-0.15, -0.1) is 0 Å². The third-order valence-corrected chi connectivity index (χ3v) is 2.84. The minimum absolute atomic E-state index is 0.256. The lowest BCUT2D eigenvalue weighted by atomic mass is 9.85. The summed E-state index contributed by atoms with van der Waals surface area (Å²) in [4.78, 5) is 0. The maximum atomic E-state index is 5.55. The first-order valence-corrected chi connectivity index (χ1v) is 5.71. The van der Waals surface area contributed by atoms with Gasteiger partial charge < -0.3 is 14.8 Å². The molecule has 0 saturated heterocycles. The summed E-state index contributed by atoms with van der Waals surface area (Å²) in [6.45, 7) is 6.12. The Kier molecular flexibility index (Phi) is 5.45. The molecular formula is C11H23NO2. The van der Waals surface area contributed by atoms with E-state index < -0.39 is 0 Å². The number of unbranched alkanes of at least 4 members (excludes halogenated alkanes) is 1. The molecule has 1 fully saturated rings. The molecule has 1 rings (SSSR count). The lowest BCUT2D eigenvalue weighted by Gasteiger charge is -2.43. The van der Waals surface area contributed by atoms with E-state index >= 15 is 0 Å². The molecule has 0 aromatic heterocycles. The SMILES string of the molecule is CCCCNC1CC(OCC)C1OC. The molecular weight excluding hydrogens is 178 g/mol. The van der Waals surface area contributed by atoms with Crippen LogP contribution in [0.2, 0.25) is 0 Å². The van der Waals surface area contributed by atoms with Gasteiger partial charge in [0.1, 0.15) is 0 Å². The van der Waals surface area contributed by atoms with E-state index in [1.807, 2.05) is 6.92 Å². The first-order valence-electron chi connectivity index (χ1n) is 5.71. The maximum Gasteiger partial charge on any atom is 0.0986 e. The Morgan fingerprint density at radius 2 is 2.14 bits per heavy atom. The van der Waals surface area contributed by atoms with Crippen molar-refractivity contribution in [2.24, 2.45) is 0 Å². The van der Waals surface area contributed by atoms with Crippen molar-refractivity contribution in [3.8, 4) is 0 Å². The minimum Gasteiger partial charge on any atom is -0.377 e. The van der Waals surface area contributed by atoms with Gasteiger partial charge >= 0.3 is 0 Å². The number of methoxy groups -OCH3 is 1. The van der Waals surface area contributed by atoms with E-state index in [0.717, 1.165) is 19.6 Å². The highest BCUT2D eigenvalue weighted by molar-refractivity contribution is 4.96. The van der Waals surface area contributed by atoms with E-state index in [2.05, 4.69) is 12.2 Å². The van der Waals surface area contributed by atoms with Crippen LogP contribution in [0.25, 0.3) is 0 Å². The Bertz CT molecular complexity index is 150. The Morgan fingerprint density at radius 1 is 1.36 bits per heavy atom. The van der Waals surface area contributed by atoms with Gasteiger partial charge in [-0.1, -0.05) is 13.3 Å². The van der Waals surface area contributed by atoms with Gasteiger partial charge in [0.25, 0.3) is 0 Å². The van der Waals surface area contributed by atoms with Crippen molar-refractivity contribution < 1.29 is 9.47 Å². The van der Waals surface area contributed by atoms with Crippen LogP contribution in [0.3, 0.4) is 0 Å². The molecule has 0 bridgehead atoms. The van der Waals surface area contributed by atoms with Crippen LogP contribution in [-0.2, 0) is 9.47 Å². The Morgan fingerprint density at radius 3 is 2.71 bits per heavy atom. The van der Waals surface area contributed by atoms with Crippen LogP contribution < -0.4 is 5.32 Å². The predicted molar refractivity (Wildman–Crippen MR) is 57.5 cm³/mol. The number of hydrogen-bond donors (Lipinski definition) is 1. The number of hydrogen-bond acceptors (Lipinski definition) is 3. The molecule has 1 aliphatic rings. The molecule has 1 N–H and O–H groups in total. The lowest BCUT2D eigenvalue weighted by Crippen LogP contribution is -2.59. The minimum atomic E-state index is 0.256. The molecule has 0 aromatic rings. The first kappa shape index (κ1) is 12.0. The van der Waals surface area contributed by atoms with Crippen molar-refractivity contribution in [2.45, 2.75) is 51.4 Å². The fraction of sp³-hybridized carbons (Fsp3) is 1.00. The molecule has 1 aliphatic carbocycles. The summed E-state index contributed by atoms with van der Waals surface area (Å²) in [6, 6.07) is 0.503. The first-order chi connectivity index (χ1) is 6.83. The molecule has 0 heterocycles. The topological polar surface area (TPSA) is 30.5 Å². The highest BCUT2D eigenvalue weighted by atomic mass is 16.5. The third kappa shape index (κ3) is 2.94. The van der Waals surface area contributed by atoms with E-state index in [9.17, 15) is 0 Å². The quantitative estimate of drug-likeness (QED) is 0.634. The average Bonchev–Trinajstić information content (AvgIpc) is 2.16. The van der Waals surface area contributed by atoms with Gasteiger partial charge in [0.05, 0.1) is 12.2 Å². The molecule has 0 amide bonds. The zero-order valence-corrected chi connectivity index (χ0v) is 9.58. The number of rotatable bonds is 7. The van der Waals surface area contributed by atoms with Gasteiger partial charge in [0.2, 0.25) is 0 Å². The number of nitrogens with one attached hydrogen (secondary N) is 1. The van der Waals surface area contributed by atoms with E-state index in [-0.39, 0.29) is 6.10 Å². The summed E-state index contributed by atoms with van der Waals surface area (Å²) in [7, 11) is 1.77. The third-order valence-electron chi connectivity index (χ3n) is 2.84. The van der Waals surface area contributed by atoms with E-state index in [1.165, 1.54) is 12.8 Å². The lowest BCUT2D eigenvalue weighted by molar-refractivity contribution is -0.131. The fourth-order valence-corrected chi connectivity index (χ4v) is 1.94. The van der Waals surface area contributed by atoms with Crippen LogP contribution in [0.1, 0.15) is 33.1 Å². The van der Waals surface area contributed by atoms with Crippen LogP contribution in [0.5, 0.6) is 0 Å². The van der Waals surface area contributed by atoms with Crippen LogP contribution in [-0.4, -0.2) is 38.5 Å². The predicted octanol–water partition coefficient (Wildman–Crippen LogP) is 1.57. The van der Waals surface area contributed by atoms with E-state index in [4.69, 9.17) is 9.47 Å². The normalized spacial score (nSPS) is 31.5. The molecule has 14 heavy (non-hydrogen) atoms. The van der Waals surface area contributed by atoms with Crippen LogP contribution >= 0.6 is 0 Å². The van der Waals surface area contributed by atoms with Crippen molar-refractivity contribution in [3.63, 3.8) is 0 Å². The summed E-state index contributed by atoms with van der Waals surface area (Å²) < 4.78 is 11.0. The molecule has 0 spiro atoms. The second-order valence-corrected chi connectivity index (χ2v) is 3.84. The van der Waals surface area contributed by atoms with E-state index in [0.29, 0.717) is 12.1 Å². The highest BCUT2D eigenvalue weighted by Crippen LogP contribution is 2.26. The van der Waals surface area contributed by atoms with Gasteiger partial charge in [0.15, 0.2) is 0 Å². The zero-order valence-electron chi connectivity index (χ0n) is 9.58. The molecule has 3 unspecified atom stereocenters. The monoisotopic (exact) mass is 201 g/mol. The van der Waals surface area contributed by atoms with Gasteiger partial charge in [-0.25, -0.2) is 0 Å². The summed E-state index contributed by atoms with van der Waals surface area (Å²) >= 11 is 0. The van der Waals surface area contributed by atoms with Crippen molar-refractivity contribution in [2.75, 3.05) is 20.3 Å². The standard InChI is InChI=1S/C11H23NO2/c1-4-6-7-12-9-8-10(14-5-2)11(9)13-3/h9-12H,4-8H2,1-3H3. The Labute approximate surface area is 87.2 Å². The molecule has 3 nitrogen and oxygen atoms in total. The Balaban J connectivity index is 2.16. The second-order valence-electron chi connectivity index (χ2n) is 3.84. The van der Waals surface area contributed by atoms with Gasteiger partial charge in [0, 0.05) is 19.8 Å². The molecule has 0 aromatic carbocycles. The molecule has 0 radical (unpaired) electrons. The molecule has 84 valence electrons. The van der Waals surface area contributed by atoms with Crippen molar-refractivity contribution in [1.29, 1.82) is 0 Å². The van der Waals surface area contributed by atoms with Crippen LogP contribution in [0.4, 0.5) is 0 Å².